The average Bonchev–Trinajstić information content (AvgIpc) is 3.43. The maximum Gasteiger partial charge on any atom is 0.251 e. The first-order valence-electron chi connectivity index (χ1n) is 11.1. The zero-order valence-electron chi connectivity index (χ0n) is 19.7. The number of amides is 1. The Morgan fingerprint density at radius 3 is 2.60 bits per heavy atom. The minimum absolute atomic E-state index is 0.169. The lowest BCUT2D eigenvalue weighted by Crippen LogP contribution is -2.24. The summed E-state index contributed by atoms with van der Waals surface area (Å²) in [5.74, 6) is 1.06. The third-order valence-electron chi connectivity index (χ3n) is 5.67. The van der Waals surface area contributed by atoms with Crippen molar-refractivity contribution in [2.75, 3.05) is 12.4 Å². The largest absolute Gasteiger partial charge is 0.497 e. The van der Waals surface area contributed by atoms with Crippen LogP contribution in [0.5, 0.6) is 5.75 Å². The number of methoxy groups -OCH3 is 1. The monoisotopic (exact) mass is 467 g/mol. The Balaban J connectivity index is 1.34. The van der Waals surface area contributed by atoms with Crippen LogP contribution >= 0.6 is 0 Å². The second-order valence-electron chi connectivity index (χ2n) is 8.14. The van der Waals surface area contributed by atoms with Gasteiger partial charge in [0.05, 0.1) is 25.0 Å². The minimum atomic E-state index is -0.169. The molecule has 0 aliphatic rings. The van der Waals surface area contributed by atoms with Crippen LogP contribution in [0.15, 0.2) is 72.9 Å². The van der Waals surface area contributed by atoms with Gasteiger partial charge in [0.25, 0.3) is 5.91 Å². The van der Waals surface area contributed by atoms with E-state index in [0.717, 1.165) is 39.6 Å². The van der Waals surface area contributed by atoms with Crippen LogP contribution in [0.2, 0.25) is 0 Å². The molecular formula is C26H25N7O2. The number of pyridine rings is 1. The number of carbonyl (C=O) groups excluding carboxylic acids is 1. The predicted octanol–water partition coefficient (Wildman–Crippen LogP) is 4.12. The molecule has 176 valence electrons. The van der Waals surface area contributed by atoms with E-state index in [-0.39, 0.29) is 5.91 Å². The van der Waals surface area contributed by atoms with Crippen LogP contribution in [0.1, 0.15) is 21.7 Å². The highest BCUT2D eigenvalue weighted by atomic mass is 16.5. The summed E-state index contributed by atoms with van der Waals surface area (Å²) in [6.07, 6.45) is 1.85. The predicted molar refractivity (Wildman–Crippen MR) is 134 cm³/mol. The Labute approximate surface area is 202 Å². The van der Waals surface area contributed by atoms with Crippen LogP contribution in [0.4, 0.5) is 11.6 Å². The third-order valence-corrected chi connectivity index (χ3v) is 5.67. The van der Waals surface area contributed by atoms with E-state index in [1.807, 2.05) is 74.8 Å². The Morgan fingerprint density at radius 2 is 1.86 bits per heavy atom. The summed E-state index contributed by atoms with van der Waals surface area (Å²) in [6.45, 7) is 2.32. The van der Waals surface area contributed by atoms with E-state index < -0.39 is 0 Å². The number of benzene rings is 2. The molecule has 0 spiro atoms. The summed E-state index contributed by atoms with van der Waals surface area (Å²) < 4.78 is 8.76. The van der Waals surface area contributed by atoms with Gasteiger partial charge >= 0.3 is 0 Å². The summed E-state index contributed by atoms with van der Waals surface area (Å²) in [7, 11) is 3.51. The third kappa shape index (κ3) is 4.70. The standard InChI is InChI=1S/C26H25N7O2/c1-17-14-21(32(2)30-17)16-27-25(34)19-6-4-7-20(15-19)28-26-29-24-23(8-5-13-33(24)31-26)18-9-11-22(35-3)12-10-18/h4-15H,16H2,1-3H3,(H,27,34)(H,28,31). The molecule has 9 heteroatoms. The van der Waals surface area contributed by atoms with Crippen molar-refractivity contribution < 1.29 is 9.53 Å². The van der Waals surface area contributed by atoms with Gasteiger partial charge in [-0.15, -0.1) is 5.10 Å². The summed E-state index contributed by atoms with van der Waals surface area (Å²) >= 11 is 0. The molecule has 2 aromatic carbocycles. The number of nitrogens with one attached hydrogen (secondary N) is 2. The fraction of sp³-hybridized carbons (Fsp3) is 0.154. The van der Waals surface area contributed by atoms with E-state index in [0.29, 0.717) is 18.1 Å². The highest BCUT2D eigenvalue weighted by Gasteiger charge is 2.12. The van der Waals surface area contributed by atoms with Crippen molar-refractivity contribution in [3.63, 3.8) is 0 Å². The Kier molecular flexibility index (Phi) is 5.88. The molecule has 3 heterocycles. The second-order valence-corrected chi connectivity index (χ2v) is 8.14. The van der Waals surface area contributed by atoms with Crippen LogP contribution in [-0.4, -0.2) is 37.4 Å². The maximum atomic E-state index is 12.7. The van der Waals surface area contributed by atoms with Gasteiger partial charge in [-0.25, -0.2) is 4.52 Å². The number of rotatable bonds is 7. The Hall–Kier alpha value is -4.66. The summed E-state index contributed by atoms with van der Waals surface area (Å²) in [4.78, 5) is 17.4. The molecule has 0 bridgehead atoms. The summed E-state index contributed by atoms with van der Waals surface area (Å²) in [5, 5.41) is 15.0. The molecule has 0 aliphatic heterocycles. The van der Waals surface area contributed by atoms with Crippen LogP contribution < -0.4 is 15.4 Å². The van der Waals surface area contributed by atoms with E-state index in [2.05, 4.69) is 25.8 Å². The molecule has 0 unspecified atom stereocenters. The lowest BCUT2D eigenvalue weighted by molar-refractivity contribution is 0.0950. The van der Waals surface area contributed by atoms with E-state index in [1.165, 1.54) is 0 Å². The fourth-order valence-electron chi connectivity index (χ4n) is 3.92. The Bertz CT molecular complexity index is 1500. The number of ether oxygens (including phenoxy) is 1. The smallest absolute Gasteiger partial charge is 0.251 e. The molecule has 3 aromatic heterocycles. The highest BCUT2D eigenvalue weighted by molar-refractivity contribution is 5.95. The zero-order valence-corrected chi connectivity index (χ0v) is 19.7. The number of aromatic nitrogens is 5. The van der Waals surface area contributed by atoms with Crippen molar-refractivity contribution >= 4 is 23.2 Å². The molecule has 0 radical (unpaired) electrons. The van der Waals surface area contributed by atoms with Crippen LogP contribution in [0, 0.1) is 6.92 Å². The van der Waals surface area contributed by atoms with Gasteiger partial charge in [0, 0.05) is 30.1 Å². The molecule has 5 rings (SSSR count). The molecular weight excluding hydrogens is 442 g/mol. The van der Waals surface area contributed by atoms with E-state index in [4.69, 9.17) is 4.74 Å². The van der Waals surface area contributed by atoms with Gasteiger partial charge in [-0.2, -0.15) is 10.1 Å². The van der Waals surface area contributed by atoms with Crippen molar-refractivity contribution in [1.82, 2.24) is 29.7 Å². The van der Waals surface area contributed by atoms with Gasteiger partial charge in [0.2, 0.25) is 5.95 Å². The molecule has 0 saturated carbocycles. The molecule has 0 aliphatic carbocycles. The number of anilines is 2. The number of aryl methyl sites for hydroxylation is 2. The topological polar surface area (TPSA) is 98.4 Å². The number of carbonyl (C=O) groups is 1. The van der Waals surface area contributed by atoms with Crippen LogP contribution in [0.25, 0.3) is 16.8 Å². The molecule has 0 fully saturated rings. The van der Waals surface area contributed by atoms with Gasteiger partial charge in [-0.1, -0.05) is 18.2 Å². The molecule has 0 atom stereocenters. The Morgan fingerprint density at radius 1 is 1.03 bits per heavy atom. The number of nitrogens with zero attached hydrogens (tertiary/aromatic N) is 5. The SMILES string of the molecule is COc1ccc(-c2cccn3nc(Nc4cccc(C(=O)NCc5cc(C)nn5C)c4)nc23)cc1. The number of hydrogen-bond donors (Lipinski definition) is 2. The highest BCUT2D eigenvalue weighted by Crippen LogP contribution is 2.27. The van der Waals surface area contributed by atoms with Crippen LogP contribution in [0.3, 0.4) is 0 Å². The average molecular weight is 468 g/mol. The van der Waals surface area contributed by atoms with Gasteiger partial charge in [-0.05, 0) is 61.0 Å². The normalized spacial score (nSPS) is 10.9. The van der Waals surface area contributed by atoms with Crippen molar-refractivity contribution in [3.05, 3.63) is 89.9 Å². The van der Waals surface area contributed by atoms with Crippen molar-refractivity contribution in [3.8, 4) is 16.9 Å². The molecule has 5 aromatic rings. The molecule has 9 nitrogen and oxygen atoms in total. The van der Waals surface area contributed by atoms with E-state index in [1.54, 1.807) is 28.4 Å². The summed E-state index contributed by atoms with van der Waals surface area (Å²) in [6, 6.07) is 20.9. The molecule has 1 amide bonds. The maximum absolute atomic E-state index is 12.7. The molecule has 35 heavy (non-hydrogen) atoms. The lowest BCUT2D eigenvalue weighted by Gasteiger charge is -2.07. The zero-order chi connectivity index (χ0) is 24.4. The number of hydrogen-bond acceptors (Lipinski definition) is 6. The van der Waals surface area contributed by atoms with Crippen molar-refractivity contribution in [1.29, 1.82) is 0 Å². The van der Waals surface area contributed by atoms with E-state index >= 15 is 0 Å². The van der Waals surface area contributed by atoms with Gasteiger partial charge in [0.15, 0.2) is 5.65 Å². The van der Waals surface area contributed by atoms with Crippen LogP contribution in [-0.2, 0) is 13.6 Å². The van der Waals surface area contributed by atoms with Gasteiger partial charge < -0.3 is 15.4 Å². The lowest BCUT2D eigenvalue weighted by atomic mass is 10.1. The van der Waals surface area contributed by atoms with Crippen molar-refractivity contribution in [2.45, 2.75) is 13.5 Å². The molecule has 0 saturated heterocycles. The minimum Gasteiger partial charge on any atom is -0.497 e. The first-order valence-corrected chi connectivity index (χ1v) is 11.1. The second kappa shape index (κ2) is 9.30. The van der Waals surface area contributed by atoms with Crippen molar-refractivity contribution in [2.24, 2.45) is 7.05 Å². The van der Waals surface area contributed by atoms with Gasteiger partial charge in [-0.3, -0.25) is 9.48 Å². The van der Waals surface area contributed by atoms with Gasteiger partial charge in [0.1, 0.15) is 5.75 Å². The summed E-state index contributed by atoms with van der Waals surface area (Å²) in [5.41, 5.74) is 5.80. The number of fused-ring (bicyclic) bond motifs is 1. The van der Waals surface area contributed by atoms with E-state index in [9.17, 15) is 4.79 Å². The quantitative estimate of drug-likeness (QED) is 0.374. The fourth-order valence-corrected chi connectivity index (χ4v) is 3.92. The molecule has 2 N–H and O–H groups in total. The first kappa shape index (κ1) is 22.1. The first-order chi connectivity index (χ1) is 17.0.